The zero-order chi connectivity index (χ0) is 22.7. The third-order valence-corrected chi connectivity index (χ3v) is 5.23. The Balaban J connectivity index is 1.58. The minimum Gasteiger partial charge on any atom is -0.462 e. The van der Waals surface area contributed by atoms with Crippen LogP contribution in [0.3, 0.4) is 0 Å². The van der Waals surface area contributed by atoms with E-state index in [2.05, 4.69) is 20.7 Å². The molecule has 0 radical (unpaired) electrons. The number of nitrogens with zero attached hydrogens (tertiary/aromatic N) is 3. The summed E-state index contributed by atoms with van der Waals surface area (Å²) in [6.45, 7) is 1.99. The summed E-state index contributed by atoms with van der Waals surface area (Å²) in [5, 5.41) is 10.5. The minimum absolute atomic E-state index is 0.258. The Morgan fingerprint density at radius 2 is 1.81 bits per heavy atom. The Hall–Kier alpha value is -3.62. The predicted molar refractivity (Wildman–Crippen MR) is 123 cm³/mol. The second-order valence-electron chi connectivity index (χ2n) is 6.63. The van der Waals surface area contributed by atoms with Gasteiger partial charge in [0.2, 0.25) is 0 Å². The summed E-state index contributed by atoms with van der Waals surface area (Å²) in [5.74, 6) is -0.485. The van der Waals surface area contributed by atoms with Crippen molar-refractivity contribution in [3.63, 3.8) is 0 Å². The smallest absolute Gasteiger partial charge is 0.343 e. The molecule has 10 heteroatoms. The lowest BCUT2D eigenvalue weighted by Crippen LogP contribution is -2.19. The molecule has 0 bridgehead atoms. The Morgan fingerprint density at radius 1 is 1.03 bits per heavy atom. The van der Waals surface area contributed by atoms with Crippen LogP contribution in [0.15, 0.2) is 60.9 Å². The van der Waals surface area contributed by atoms with E-state index in [0.717, 1.165) is 5.56 Å². The Kier molecular flexibility index (Phi) is 6.25. The molecule has 4 aromatic rings. The summed E-state index contributed by atoms with van der Waals surface area (Å²) in [7, 11) is 0. The molecule has 2 heterocycles. The molecule has 8 nitrogen and oxygen atoms in total. The van der Waals surface area contributed by atoms with E-state index in [1.54, 1.807) is 60.1 Å². The lowest BCUT2D eigenvalue weighted by molar-refractivity contribution is 0.0528. The van der Waals surface area contributed by atoms with Crippen molar-refractivity contribution in [2.45, 2.75) is 6.92 Å². The first-order chi connectivity index (χ1) is 15.5. The second-order valence-corrected chi connectivity index (χ2v) is 7.45. The summed E-state index contributed by atoms with van der Waals surface area (Å²) in [5.41, 5.74) is 3.19. The Labute approximate surface area is 193 Å². The van der Waals surface area contributed by atoms with Crippen LogP contribution < -0.4 is 10.6 Å². The van der Waals surface area contributed by atoms with Crippen LogP contribution in [0.25, 0.3) is 16.9 Å². The van der Waals surface area contributed by atoms with Crippen molar-refractivity contribution in [3.05, 3.63) is 76.5 Å². The van der Waals surface area contributed by atoms with Gasteiger partial charge < -0.3 is 15.4 Å². The number of anilines is 2. The van der Waals surface area contributed by atoms with Crippen LogP contribution in [0.5, 0.6) is 0 Å². The molecular formula is C22H17Cl2N5O3. The van der Waals surface area contributed by atoms with Crippen molar-refractivity contribution in [2.75, 3.05) is 17.2 Å². The maximum Gasteiger partial charge on any atom is 0.343 e. The zero-order valence-corrected chi connectivity index (χ0v) is 18.3. The molecule has 2 aromatic carbocycles. The van der Waals surface area contributed by atoms with Crippen LogP contribution in [-0.2, 0) is 4.74 Å². The molecule has 0 aliphatic rings. The van der Waals surface area contributed by atoms with Crippen LogP contribution >= 0.6 is 23.2 Å². The highest BCUT2D eigenvalue weighted by Crippen LogP contribution is 2.26. The number of ether oxygens (including phenoxy) is 1. The summed E-state index contributed by atoms with van der Waals surface area (Å²) in [4.78, 5) is 28.8. The van der Waals surface area contributed by atoms with Crippen molar-refractivity contribution < 1.29 is 14.3 Å². The SMILES string of the molecule is CCOC(=O)c1cnn2c(-c3cccc(NC(=O)Nc4ccc(Cl)c(Cl)c4)c3)ccnc12. The number of rotatable bonds is 5. The highest BCUT2D eigenvalue weighted by molar-refractivity contribution is 6.42. The number of hydrogen-bond acceptors (Lipinski definition) is 5. The second kappa shape index (κ2) is 9.25. The largest absolute Gasteiger partial charge is 0.462 e. The number of esters is 1. The molecule has 162 valence electrons. The van der Waals surface area contributed by atoms with Crippen LogP contribution in [0, 0.1) is 0 Å². The van der Waals surface area contributed by atoms with Crippen LogP contribution in [0.4, 0.5) is 16.2 Å². The molecule has 0 saturated carbocycles. The maximum absolute atomic E-state index is 12.4. The van der Waals surface area contributed by atoms with Crippen LogP contribution in [0.2, 0.25) is 10.0 Å². The summed E-state index contributed by atoms with van der Waals surface area (Å²) < 4.78 is 6.62. The number of hydrogen-bond donors (Lipinski definition) is 2. The number of amides is 2. The molecule has 2 N–H and O–H groups in total. The number of fused-ring (bicyclic) bond motifs is 1. The standard InChI is InChI=1S/C22H17Cl2N5O3/c1-2-32-21(30)16-12-26-29-19(8-9-25-20(16)29)13-4-3-5-14(10-13)27-22(31)28-15-6-7-17(23)18(24)11-15/h3-12H,2H2,1H3,(H2,27,28,31). The van der Waals surface area contributed by atoms with Gasteiger partial charge in [-0.1, -0.05) is 35.3 Å². The third-order valence-electron chi connectivity index (χ3n) is 4.49. The number of aromatic nitrogens is 3. The monoisotopic (exact) mass is 469 g/mol. The van der Waals surface area contributed by atoms with Gasteiger partial charge in [0.25, 0.3) is 0 Å². The topological polar surface area (TPSA) is 97.6 Å². The first kappa shape index (κ1) is 21.6. The van der Waals surface area contributed by atoms with E-state index in [9.17, 15) is 9.59 Å². The average molecular weight is 470 g/mol. The Morgan fingerprint density at radius 3 is 2.56 bits per heavy atom. The minimum atomic E-state index is -0.485. The van der Waals surface area contributed by atoms with Gasteiger partial charge in [-0.2, -0.15) is 5.10 Å². The number of nitrogens with one attached hydrogen (secondary N) is 2. The molecule has 0 unspecified atom stereocenters. The lowest BCUT2D eigenvalue weighted by atomic mass is 10.1. The first-order valence-corrected chi connectivity index (χ1v) is 10.3. The lowest BCUT2D eigenvalue weighted by Gasteiger charge is -2.10. The fourth-order valence-electron chi connectivity index (χ4n) is 3.09. The summed E-state index contributed by atoms with van der Waals surface area (Å²) >= 11 is 11.9. The molecular weight excluding hydrogens is 453 g/mol. The van der Waals surface area contributed by atoms with E-state index < -0.39 is 12.0 Å². The molecule has 2 amide bonds. The highest BCUT2D eigenvalue weighted by atomic mass is 35.5. The third kappa shape index (κ3) is 4.51. The van der Waals surface area contributed by atoms with Gasteiger partial charge in [0.05, 0.1) is 28.5 Å². The number of carbonyl (C=O) groups is 2. The molecule has 0 saturated heterocycles. The van der Waals surface area contributed by atoms with Crippen LogP contribution in [0.1, 0.15) is 17.3 Å². The van der Waals surface area contributed by atoms with Gasteiger partial charge in [-0.25, -0.2) is 19.1 Å². The van der Waals surface area contributed by atoms with Gasteiger partial charge >= 0.3 is 12.0 Å². The Bertz CT molecular complexity index is 1320. The fourth-order valence-corrected chi connectivity index (χ4v) is 3.38. The summed E-state index contributed by atoms with van der Waals surface area (Å²) in [6.07, 6.45) is 3.02. The van der Waals surface area contributed by atoms with Crippen molar-refractivity contribution in [1.29, 1.82) is 0 Å². The van der Waals surface area contributed by atoms with Crippen LogP contribution in [-0.4, -0.2) is 33.2 Å². The molecule has 4 rings (SSSR count). The number of carbonyl (C=O) groups excluding carboxylic acids is 2. The quantitative estimate of drug-likeness (QED) is 0.374. The van der Waals surface area contributed by atoms with Crippen molar-refractivity contribution in [3.8, 4) is 11.3 Å². The van der Waals surface area contributed by atoms with E-state index in [4.69, 9.17) is 27.9 Å². The van der Waals surface area contributed by atoms with Gasteiger partial charge in [-0.15, -0.1) is 0 Å². The van der Waals surface area contributed by atoms with E-state index >= 15 is 0 Å². The number of halogens is 2. The van der Waals surface area contributed by atoms with Gasteiger partial charge in [-0.3, -0.25) is 0 Å². The zero-order valence-electron chi connectivity index (χ0n) is 16.8. The fraction of sp³-hybridized carbons (Fsp3) is 0.0909. The molecule has 0 aliphatic heterocycles. The molecule has 0 fully saturated rings. The molecule has 0 spiro atoms. The van der Waals surface area contributed by atoms with Crippen molar-refractivity contribution in [2.24, 2.45) is 0 Å². The molecule has 32 heavy (non-hydrogen) atoms. The van der Waals surface area contributed by atoms with Gasteiger partial charge in [0, 0.05) is 23.1 Å². The molecule has 2 aromatic heterocycles. The van der Waals surface area contributed by atoms with Gasteiger partial charge in [-0.05, 0) is 43.3 Å². The number of urea groups is 1. The van der Waals surface area contributed by atoms with E-state index in [0.29, 0.717) is 32.8 Å². The van der Waals surface area contributed by atoms with Crippen molar-refractivity contribution in [1.82, 2.24) is 14.6 Å². The summed E-state index contributed by atoms with van der Waals surface area (Å²) in [6, 6.07) is 13.3. The molecule has 0 aliphatic carbocycles. The first-order valence-electron chi connectivity index (χ1n) is 9.59. The highest BCUT2D eigenvalue weighted by Gasteiger charge is 2.17. The van der Waals surface area contributed by atoms with E-state index in [1.807, 2.05) is 6.07 Å². The van der Waals surface area contributed by atoms with Gasteiger partial charge in [0.15, 0.2) is 5.65 Å². The van der Waals surface area contributed by atoms with Gasteiger partial charge in [0.1, 0.15) is 5.56 Å². The average Bonchev–Trinajstić information content (AvgIpc) is 3.21. The van der Waals surface area contributed by atoms with E-state index in [1.165, 1.54) is 6.20 Å². The normalized spacial score (nSPS) is 10.7. The number of benzene rings is 2. The van der Waals surface area contributed by atoms with Crippen molar-refractivity contribution >= 4 is 52.2 Å². The van der Waals surface area contributed by atoms with E-state index in [-0.39, 0.29) is 12.2 Å². The predicted octanol–water partition coefficient (Wildman–Crippen LogP) is 5.52. The maximum atomic E-state index is 12.4. The molecule has 0 atom stereocenters.